The van der Waals surface area contributed by atoms with Crippen LogP contribution in [0.25, 0.3) is 0 Å². The Kier molecular flexibility index (Phi) is 6.29. The molecule has 0 atom stereocenters. The molecule has 0 radical (unpaired) electrons. The molecule has 0 aromatic heterocycles. The number of ether oxygens (including phenoxy) is 2. The molecule has 1 amide bonds. The SMILES string of the molecule is COCCC(C)(C)OC(C)(C)CC(C)(C)C(=O)N=O. The van der Waals surface area contributed by atoms with E-state index in [-0.39, 0.29) is 5.60 Å². The van der Waals surface area contributed by atoms with Gasteiger partial charge >= 0.3 is 0 Å². The summed E-state index contributed by atoms with van der Waals surface area (Å²) in [6, 6.07) is 0. The Balaban J connectivity index is 4.71. The minimum atomic E-state index is -0.817. The van der Waals surface area contributed by atoms with E-state index in [4.69, 9.17) is 9.47 Å². The van der Waals surface area contributed by atoms with Gasteiger partial charge in [-0.15, -0.1) is 4.91 Å². The molecular weight excluding hydrogens is 246 g/mol. The van der Waals surface area contributed by atoms with E-state index < -0.39 is 16.9 Å². The van der Waals surface area contributed by atoms with Gasteiger partial charge in [0.15, 0.2) is 0 Å². The fourth-order valence-corrected chi connectivity index (χ4v) is 2.45. The van der Waals surface area contributed by atoms with Gasteiger partial charge in [-0.3, -0.25) is 4.79 Å². The summed E-state index contributed by atoms with van der Waals surface area (Å²) < 4.78 is 11.1. The van der Waals surface area contributed by atoms with Crippen molar-refractivity contribution in [1.29, 1.82) is 0 Å². The zero-order valence-electron chi connectivity index (χ0n) is 13.2. The normalized spacial score (nSPS) is 13.4. The number of carbonyl (C=O) groups excluding carboxylic acids is 1. The molecule has 0 aromatic rings. The summed E-state index contributed by atoms with van der Waals surface area (Å²) >= 11 is 0. The fourth-order valence-electron chi connectivity index (χ4n) is 2.45. The molecule has 0 unspecified atom stereocenters. The highest BCUT2D eigenvalue weighted by atomic mass is 16.5. The van der Waals surface area contributed by atoms with Crippen molar-refractivity contribution in [3.05, 3.63) is 4.91 Å². The number of hydrogen-bond acceptors (Lipinski definition) is 4. The predicted molar refractivity (Wildman–Crippen MR) is 74.9 cm³/mol. The molecule has 5 heteroatoms. The lowest BCUT2D eigenvalue weighted by Gasteiger charge is -2.39. The molecule has 0 aliphatic heterocycles. The highest BCUT2D eigenvalue weighted by molar-refractivity contribution is 5.82. The summed E-state index contributed by atoms with van der Waals surface area (Å²) in [7, 11) is 1.65. The number of nitrogens with zero attached hydrogens (tertiary/aromatic N) is 1. The molecule has 0 saturated heterocycles. The van der Waals surface area contributed by atoms with Gasteiger partial charge in [-0.2, -0.15) is 0 Å². The summed E-state index contributed by atoms with van der Waals surface area (Å²) in [6.07, 6.45) is 1.19. The van der Waals surface area contributed by atoms with Crippen molar-refractivity contribution in [3.63, 3.8) is 0 Å². The van der Waals surface area contributed by atoms with Crippen LogP contribution in [-0.2, 0) is 14.3 Å². The number of nitroso groups, excluding NO2 is 1. The van der Waals surface area contributed by atoms with Crippen molar-refractivity contribution in [2.75, 3.05) is 13.7 Å². The van der Waals surface area contributed by atoms with Gasteiger partial charge in [0.25, 0.3) is 5.91 Å². The number of carbonyl (C=O) groups is 1. The van der Waals surface area contributed by atoms with Crippen molar-refractivity contribution in [1.82, 2.24) is 0 Å². The molecular formula is C14H27NO4. The standard InChI is InChI=1S/C14H27NO4/c1-12(2,11(16)15-17)10-14(5,6)19-13(3,4)8-9-18-7/h8-10H2,1-7H3. The van der Waals surface area contributed by atoms with Crippen molar-refractivity contribution < 1.29 is 14.3 Å². The summed E-state index contributed by atoms with van der Waals surface area (Å²) in [5.74, 6) is -0.640. The van der Waals surface area contributed by atoms with E-state index in [1.165, 1.54) is 0 Å². The second-order valence-corrected chi connectivity index (χ2v) is 6.82. The van der Waals surface area contributed by atoms with Gasteiger partial charge < -0.3 is 9.47 Å². The quantitative estimate of drug-likeness (QED) is 0.636. The van der Waals surface area contributed by atoms with Crippen LogP contribution in [0.4, 0.5) is 0 Å². The molecule has 0 aliphatic carbocycles. The van der Waals surface area contributed by atoms with Gasteiger partial charge in [0.05, 0.1) is 16.6 Å². The third-order valence-corrected chi connectivity index (χ3v) is 2.99. The molecule has 0 saturated carbocycles. The summed E-state index contributed by atoms with van der Waals surface area (Å²) in [4.78, 5) is 21.9. The molecule has 0 aliphatic rings. The van der Waals surface area contributed by atoms with E-state index in [0.29, 0.717) is 13.0 Å². The van der Waals surface area contributed by atoms with E-state index >= 15 is 0 Å². The van der Waals surface area contributed by atoms with Gasteiger partial charge in [0.1, 0.15) is 0 Å². The lowest BCUT2D eigenvalue weighted by molar-refractivity contribution is -0.153. The van der Waals surface area contributed by atoms with Crippen LogP contribution in [0.3, 0.4) is 0 Å². The number of rotatable bonds is 8. The zero-order valence-corrected chi connectivity index (χ0v) is 13.2. The van der Waals surface area contributed by atoms with E-state index in [1.54, 1.807) is 21.0 Å². The minimum Gasteiger partial charge on any atom is -0.385 e. The average molecular weight is 273 g/mol. The molecule has 5 nitrogen and oxygen atoms in total. The fraction of sp³-hybridized carbons (Fsp3) is 0.929. The predicted octanol–water partition coefficient (Wildman–Crippen LogP) is 3.31. The summed E-state index contributed by atoms with van der Waals surface area (Å²) in [5.41, 5.74) is -1.70. The van der Waals surface area contributed by atoms with E-state index in [1.807, 2.05) is 27.7 Å². The van der Waals surface area contributed by atoms with Crippen LogP contribution in [0.2, 0.25) is 0 Å². The Hall–Kier alpha value is -0.810. The van der Waals surface area contributed by atoms with E-state index in [0.717, 1.165) is 6.42 Å². The van der Waals surface area contributed by atoms with Crippen molar-refractivity contribution in [2.45, 2.75) is 65.6 Å². The van der Waals surface area contributed by atoms with Crippen LogP contribution in [0.5, 0.6) is 0 Å². The number of methoxy groups -OCH3 is 1. The third kappa shape index (κ3) is 6.78. The largest absolute Gasteiger partial charge is 0.385 e. The lowest BCUT2D eigenvalue weighted by atomic mass is 9.80. The molecule has 19 heavy (non-hydrogen) atoms. The van der Waals surface area contributed by atoms with Crippen molar-refractivity contribution in [2.24, 2.45) is 10.6 Å². The maximum absolute atomic E-state index is 11.5. The van der Waals surface area contributed by atoms with Crippen LogP contribution in [0.15, 0.2) is 5.18 Å². The Bertz CT molecular complexity index is 321. The van der Waals surface area contributed by atoms with Crippen LogP contribution < -0.4 is 0 Å². The first-order valence-electron chi connectivity index (χ1n) is 6.53. The number of hydrogen-bond donors (Lipinski definition) is 0. The Morgan fingerprint density at radius 2 is 1.58 bits per heavy atom. The lowest BCUT2D eigenvalue weighted by Crippen LogP contribution is -2.42. The molecule has 112 valence electrons. The van der Waals surface area contributed by atoms with Crippen LogP contribution >= 0.6 is 0 Å². The first-order valence-corrected chi connectivity index (χ1v) is 6.53. The molecule has 0 bridgehead atoms. The topological polar surface area (TPSA) is 65.0 Å². The van der Waals surface area contributed by atoms with Gasteiger partial charge in [0.2, 0.25) is 0 Å². The van der Waals surface area contributed by atoms with Crippen molar-refractivity contribution >= 4 is 5.91 Å². The van der Waals surface area contributed by atoms with Crippen LogP contribution in [-0.4, -0.2) is 30.8 Å². The zero-order chi connectivity index (χ0) is 15.3. The van der Waals surface area contributed by atoms with Gasteiger partial charge in [-0.05, 0) is 40.5 Å². The van der Waals surface area contributed by atoms with Crippen LogP contribution in [0, 0.1) is 10.3 Å². The van der Waals surface area contributed by atoms with Crippen LogP contribution in [0.1, 0.15) is 54.4 Å². The molecule has 0 N–H and O–H groups in total. The second-order valence-electron chi connectivity index (χ2n) is 6.82. The second kappa shape index (κ2) is 6.57. The smallest absolute Gasteiger partial charge is 0.291 e. The Labute approximate surface area is 116 Å². The first kappa shape index (κ1) is 18.2. The average Bonchev–Trinajstić information content (AvgIpc) is 2.21. The first-order chi connectivity index (χ1) is 8.46. The van der Waals surface area contributed by atoms with Gasteiger partial charge in [-0.25, -0.2) is 0 Å². The summed E-state index contributed by atoms with van der Waals surface area (Å²) in [5, 5.41) is 2.53. The van der Waals surface area contributed by atoms with E-state index in [2.05, 4.69) is 5.18 Å². The molecule has 0 rings (SSSR count). The van der Waals surface area contributed by atoms with Gasteiger partial charge in [0, 0.05) is 18.9 Å². The maximum atomic E-state index is 11.5. The third-order valence-electron chi connectivity index (χ3n) is 2.99. The Morgan fingerprint density at radius 3 is 2.00 bits per heavy atom. The monoisotopic (exact) mass is 273 g/mol. The molecule has 0 aromatic carbocycles. The Morgan fingerprint density at radius 1 is 1.05 bits per heavy atom. The molecule has 0 fully saturated rings. The van der Waals surface area contributed by atoms with E-state index in [9.17, 15) is 9.70 Å². The molecule has 0 heterocycles. The molecule has 0 spiro atoms. The highest BCUT2D eigenvalue weighted by Crippen LogP contribution is 2.34. The van der Waals surface area contributed by atoms with Crippen molar-refractivity contribution in [3.8, 4) is 0 Å². The van der Waals surface area contributed by atoms with Gasteiger partial charge in [-0.1, -0.05) is 13.8 Å². The maximum Gasteiger partial charge on any atom is 0.291 e. The minimum absolute atomic E-state index is 0.354. The number of amides is 1. The highest BCUT2D eigenvalue weighted by Gasteiger charge is 2.38. The summed E-state index contributed by atoms with van der Waals surface area (Å²) in [6.45, 7) is 11.8.